The maximum atomic E-state index is 13.7. The summed E-state index contributed by atoms with van der Waals surface area (Å²) < 4.78 is 25.6. The Balaban J connectivity index is 1.56. The summed E-state index contributed by atoms with van der Waals surface area (Å²) in [6.45, 7) is 0.896. The minimum atomic E-state index is -0.871. The van der Waals surface area contributed by atoms with Crippen LogP contribution < -0.4 is 9.64 Å². The second-order valence-electron chi connectivity index (χ2n) is 8.97. The molecule has 0 saturated carbocycles. The van der Waals surface area contributed by atoms with Crippen LogP contribution in [-0.2, 0) is 0 Å². The Hall–Kier alpha value is -4.38. The zero-order chi connectivity index (χ0) is 25.4. The lowest BCUT2D eigenvalue weighted by atomic mass is 10.0. The number of halogens is 1. The first-order chi connectivity index (χ1) is 17.4. The maximum absolute atomic E-state index is 13.7. The van der Waals surface area contributed by atoms with Crippen LogP contribution in [0.5, 0.6) is 5.75 Å². The molecule has 1 saturated heterocycles. The Morgan fingerprint density at radius 1 is 1.19 bits per heavy atom. The first-order valence-electron chi connectivity index (χ1n) is 11.6. The van der Waals surface area contributed by atoms with Crippen molar-refractivity contribution >= 4 is 22.7 Å². The molecule has 0 aliphatic carbocycles. The third-order valence-electron chi connectivity index (χ3n) is 6.43. The fourth-order valence-corrected chi connectivity index (χ4v) is 4.59. The van der Waals surface area contributed by atoms with E-state index in [4.69, 9.17) is 9.15 Å². The van der Waals surface area contributed by atoms with E-state index in [1.807, 2.05) is 29.2 Å². The lowest BCUT2D eigenvalue weighted by Crippen LogP contribution is -2.21. The topological polar surface area (TPSA) is 82.6 Å². The highest BCUT2D eigenvalue weighted by molar-refractivity contribution is 5.96. The highest BCUT2D eigenvalue weighted by Crippen LogP contribution is 2.38. The van der Waals surface area contributed by atoms with E-state index in [1.165, 1.54) is 4.90 Å². The molecule has 36 heavy (non-hydrogen) atoms. The number of ether oxygens (including phenoxy) is 1. The Kier molecular flexibility index (Phi) is 6.06. The Bertz CT molecular complexity index is 1500. The predicted molar refractivity (Wildman–Crippen MR) is 136 cm³/mol. The van der Waals surface area contributed by atoms with Crippen LogP contribution in [0.4, 0.5) is 10.1 Å². The zero-order valence-corrected chi connectivity index (χ0v) is 20.3. The first kappa shape index (κ1) is 23.4. The molecule has 0 N–H and O–H groups in total. The van der Waals surface area contributed by atoms with Gasteiger partial charge in [-0.1, -0.05) is 6.07 Å². The molecule has 1 amide bonds. The number of pyridine rings is 1. The van der Waals surface area contributed by atoms with Gasteiger partial charge < -0.3 is 19.0 Å². The van der Waals surface area contributed by atoms with Gasteiger partial charge >= 0.3 is 0 Å². The van der Waals surface area contributed by atoms with Crippen LogP contribution in [0.15, 0.2) is 59.1 Å². The number of carbonyl (C=O) groups excluding carboxylic acids is 1. The number of hydrogen-bond donors (Lipinski definition) is 0. The van der Waals surface area contributed by atoms with Crippen LogP contribution in [0.25, 0.3) is 33.6 Å². The molecule has 2 aromatic heterocycles. The van der Waals surface area contributed by atoms with E-state index in [2.05, 4.69) is 11.1 Å². The van der Waals surface area contributed by atoms with E-state index in [0.29, 0.717) is 58.8 Å². The summed E-state index contributed by atoms with van der Waals surface area (Å²) in [5.74, 6) is 0.936. The lowest BCUT2D eigenvalue weighted by molar-refractivity contribution is 0.0827. The number of nitrogens with zero attached hydrogens (tertiary/aromatic N) is 4. The van der Waals surface area contributed by atoms with Crippen molar-refractivity contribution in [2.24, 2.45) is 0 Å². The van der Waals surface area contributed by atoms with Crippen LogP contribution in [-0.4, -0.2) is 56.3 Å². The summed E-state index contributed by atoms with van der Waals surface area (Å²) >= 11 is 0. The molecule has 1 atom stereocenters. The molecular weight excluding hydrogens is 459 g/mol. The zero-order valence-electron chi connectivity index (χ0n) is 20.3. The van der Waals surface area contributed by atoms with E-state index in [1.54, 1.807) is 51.7 Å². The van der Waals surface area contributed by atoms with Gasteiger partial charge in [0.15, 0.2) is 5.58 Å². The maximum Gasteiger partial charge on any atom is 0.253 e. The van der Waals surface area contributed by atoms with Crippen molar-refractivity contribution in [3.8, 4) is 34.3 Å². The van der Waals surface area contributed by atoms with Crippen LogP contribution in [0.2, 0.25) is 0 Å². The Labute approximate surface area is 208 Å². The molecule has 0 spiro atoms. The number of aromatic nitrogens is 1. The molecule has 3 heterocycles. The first-order valence-corrected chi connectivity index (χ1v) is 11.6. The van der Waals surface area contributed by atoms with Crippen LogP contribution >= 0.6 is 0 Å². The quantitative estimate of drug-likeness (QED) is 0.383. The number of benzene rings is 2. The highest BCUT2D eigenvalue weighted by Gasteiger charge is 2.24. The summed E-state index contributed by atoms with van der Waals surface area (Å²) in [7, 11) is 4.94. The number of carbonyl (C=O) groups is 1. The van der Waals surface area contributed by atoms with E-state index in [9.17, 15) is 14.4 Å². The molecule has 4 aromatic rings. The Morgan fingerprint density at radius 2 is 2.03 bits per heavy atom. The molecule has 2 aromatic carbocycles. The monoisotopic (exact) mass is 484 g/mol. The van der Waals surface area contributed by atoms with Gasteiger partial charge in [-0.3, -0.25) is 9.78 Å². The third kappa shape index (κ3) is 4.13. The fraction of sp³-hybridized carbons (Fsp3) is 0.250. The number of methoxy groups -OCH3 is 1. The molecule has 182 valence electrons. The number of furan rings is 1. The molecule has 1 aliphatic heterocycles. The Morgan fingerprint density at radius 3 is 2.72 bits per heavy atom. The summed E-state index contributed by atoms with van der Waals surface area (Å²) in [5.41, 5.74) is 5.25. The number of rotatable bonds is 5. The van der Waals surface area contributed by atoms with Gasteiger partial charge in [0.25, 0.3) is 5.91 Å². The summed E-state index contributed by atoms with van der Waals surface area (Å²) in [4.78, 5) is 20.3. The normalized spacial score (nSPS) is 15.2. The lowest BCUT2D eigenvalue weighted by Gasteiger charge is -2.19. The molecule has 1 aliphatic rings. The van der Waals surface area contributed by atoms with Crippen LogP contribution in [0, 0.1) is 11.3 Å². The minimum absolute atomic E-state index is 0.124. The number of hydrogen-bond acceptors (Lipinski definition) is 6. The smallest absolute Gasteiger partial charge is 0.253 e. The summed E-state index contributed by atoms with van der Waals surface area (Å²) in [5, 5.41) is 9.79. The van der Waals surface area contributed by atoms with Crippen LogP contribution in [0.3, 0.4) is 0 Å². The van der Waals surface area contributed by atoms with Crippen molar-refractivity contribution in [2.45, 2.75) is 12.6 Å². The van der Waals surface area contributed by atoms with Gasteiger partial charge in [0.1, 0.15) is 29.3 Å². The van der Waals surface area contributed by atoms with Crippen molar-refractivity contribution in [3.05, 3.63) is 65.9 Å². The van der Waals surface area contributed by atoms with Gasteiger partial charge in [-0.2, -0.15) is 5.26 Å². The largest absolute Gasteiger partial charge is 0.496 e. The second-order valence-corrected chi connectivity index (χ2v) is 8.97. The third-order valence-corrected chi connectivity index (χ3v) is 6.43. The van der Waals surface area contributed by atoms with E-state index < -0.39 is 6.17 Å². The molecule has 8 heteroatoms. The van der Waals surface area contributed by atoms with Gasteiger partial charge in [-0.15, -0.1) is 0 Å². The highest BCUT2D eigenvalue weighted by atomic mass is 19.1. The van der Waals surface area contributed by atoms with Crippen molar-refractivity contribution < 1.29 is 18.3 Å². The number of anilines is 1. The standard InChI is InChI=1S/C28H25FN4O3/c1-32(2)28(34)18-4-6-22(25(13-18)35-3)26-14-23-27(36-26)21(8-10-31-23)17-5-7-24(19(12-17)15-30)33-11-9-20(29)16-33/h4-8,10,12-14,20H,9,11,16H2,1-3H3/t20-/m0/s1. The van der Waals surface area contributed by atoms with Crippen molar-refractivity contribution in [2.75, 3.05) is 39.2 Å². The molecule has 0 unspecified atom stereocenters. The van der Waals surface area contributed by atoms with Crippen molar-refractivity contribution in [1.82, 2.24) is 9.88 Å². The van der Waals surface area contributed by atoms with E-state index in [-0.39, 0.29) is 5.91 Å². The number of fused-ring (bicyclic) bond motifs is 1. The molecule has 0 radical (unpaired) electrons. The summed E-state index contributed by atoms with van der Waals surface area (Å²) in [6, 6.07) is 16.7. The van der Waals surface area contributed by atoms with Crippen molar-refractivity contribution in [3.63, 3.8) is 0 Å². The number of alkyl halides is 1. The molecular formula is C28H25FN4O3. The van der Waals surface area contributed by atoms with Gasteiger partial charge in [0, 0.05) is 50.6 Å². The predicted octanol–water partition coefficient (Wildman–Crippen LogP) is 5.29. The summed E-state index contributed by atoms with van der Waals surface area (Å²) in [6.07, 6.45) is 1.30. The average Bonchev–Trinajstić information content (AvgIpc) is 3.53. The van der Waals surface area contributed by atoms with Gasteiger partial charge in [-0.05, 0) is 48.4 Å². The van der Waals surface area contributed by atoms with Crippen molar-refractivity contribution in [1.29, 1.82) is 5.26 Å². The molecule has 7 nitrogen and oxygen atoms in total. The molecule has 5 rings (SSSR count). The van der Waals surface area contributed by atoms with Crippen LogP contribution in [0.1, 0.15) is 22.3 Å². The molecule has 1 fully saturated rings. The van der Waals surface area contributed by atoms with Gasteiger partial charge in [0.05, 0.1) is 23.9 Å². The minimum Gasteiger partial charge on any atom is -0.496 e. The van der Waals surface area contributed by atoms with E-state index in [0.717, 1.165) is 16.8 Å². The van der Waals surface area contributed by atoms with E-state index >= 15 is 0 Å². The SMILES string of the molecule is COc1cc(C(=O)N(C)C)ccc1-c1cc2nccc(-c3ccc(N4CC[C@H](F)C4)c(C#N)c3)c2o1. The molecule has 0 bridgehead atoms. The number of amides is 1. The van der Waals surface area contributed by atoms with Gasteiger partial charge in [0.2, 0.25) is 0 Å². The fourth-order valence-electron chi connectivity index (χ4n) is 4.59. The number of nitriles is 1. The van der Waals surface area contributed by atoms with Gasteiger partial charge in [-0.25, -0.2) is 4.39 Å². The average molecular weight is 485 g/mol. The second kappa shape index (κ2) is 9.34.